The molecule has 4 aliphatic rings. The third kappa shape index (κ3) is 5.63. The van der Waals surface area contributed by atoms with Crippen molar-refractivity contribution >= 4 is 29.4 Å². The van der Waals surface area contributed by atoms with Crippen LogP contribution < -0.4 is 4.74 Å². The summed E-state index contributed by atoms with van der Waals surface area (Å²) < 4.78 is 63.9. The highest BCUT2D eigenvalue weighted by molar-refractivity contribution is 6.31. The first-order chi connectivity index (χ1) is 21.1. The quantitative estimate of drug-likeness (QED) is 0.400. The van der Waals surface area contributed by atoms with Gasteiger partial charge in [0.15, 0.2) is 0 Å². The van der Waals surface area contributed by atoms with Gasteiger partial charge >= 0.3 is 5.97 Å². The van der Waals surface area contributed by atoms with Crippen LogP contribution in [0.1, 0.15) is 80.4 Å². The fourth-order valence-electron chi connectivity index (χ4n) is 7.21. The molecule has 6 rings (SSSR count). The van der Waals surface area contributed by atoms with Gasteiger partial charge < -0.3 is 19.6 Å². The van der Waals surface area contributed by atoms with Crippen LogP contribution in [0.4, 0.5) is 17.6 Å². The molecule has 1 saturated heterocycles. The molecular formula is C30H34ClF4N5O5. The molecule has 1 aromatic carbocycles. The second-order valence-corrected chi connectivity index (χ2v) is 13.6. The Morgan fingerprint density at radius 3 is 2.58 bits per heavy atom. The fourth-order valence-corrected chi connectivity index (χ4v) is 7.47. The van der Waals surface area contributed by atoms with Crippen molar-refractivity contribution in [3.8, 4) is 5.75 Å². The first-order valence-corrected chi connectivity index (χ1v) is 15.3. The summed E-state index contributed by atoms with van der Waals surface area (Å²) in [7, 11) is 1.33. The highest BCUT2D eigenvalue weighted by atomic mass is 35.5. The summed E-state index contributed by atoms with van der Waals surface area (Å²) in [5.74, 6) is -6.73. The number of benzene rings is 1. The third-order valence-electron chi connectivity index (χ3n) is 10.2. The summed E-state index contributed by atoms with van der Waals surface area (Å²) >= 11 is 6.63. The van der Waals surface area contributed by atoms with Crippen LogP contribution in [0, 0.1) is 16.7 Å². The summed E-state index contributed by atoms with van der Waals surface area (Å²) in [5, 5.41) is 17.9. The number of hydrogen-bond acceptors (Lipinski definition) is 6. The van der Waals surface area contributed by atoms with Gasteiger partial charge in [0.1, 0.15) is 23.7 Å². The molecule has 10 nitrogen and oxygen atoms in total. The molecule has 2 aliphatic heterocycles. The molecule has 2 saturated carbocycles. The van der Waals surface area contributed by atoms with Gasteiger partial charge in [-0.05, 0) is 55.7 Å². The summed E-state index contributed by atoms with van der Waals surface area (Å²) in [6, 6.07) is 2.20. The van der Waals surface area contributed by atoms with E-state index in [1.54, 1.807) is 11.0 Å². The van der Waals surface area contributed by atoms with E-state index in [-0.39, 0.29) is 55.3 Å². The Hall–Kier alpha value is -3.42. The number of likely N-dealkylation sites (tertiary alicyclic amines) is 1. The van der Waals surface area contributed by atoms with Gasteiger partial charge in [0.2, 0.25) is 17.7 Å². The van der Waals surface area contributed by atoms with Crippen LogP contribution in [0.2, 0.25) is 5.02 Å². The monoisotopic (exact) mass is 655 g/mol. The molecular weight excluding hydrogens is 622 g/mol. The van der Waals surface area contributed by atoms with E-state index in [0.29, 0.717) is 29.1 Å². The zero-order chi connectivity index (χ0) is 32.5. The van der Waals surface area contributed by atoms with Crippen molar-refractivity contribution in [2.75, 3.05) is 19.6 Å². The van der Waals surface area contributed by atoms with Gasteiger partial charge in [-0.2, -0.15) is 0 Å². The lowest BCUT2D eigenvalue weighted by atomic mass is 9.65. The number of carbonyl (C=O) groups is 3. The number of aryl methyl sites for hydroxylation is 1. The number of halogens is 5. The second kappa shape index (κ2) is 11.1. The molecule has 3 fully saturated rings. The Bertz CT molecular complexity index is 1550. The highest BCUT2D eigenvalue weighted by Gasteiger charge is 2.57. The Balaban J connectivity index is 1.40. The maximum Gasteiger partial charge on any atom is 0.310 e. The van der Waals surface area contributed by atoms with Crippen LogP contribution in [-0.2, 0) is 34.5 Å². The lowest BCUT2D eigenvalue weighted by Gasteiger charge is -2.46. The van der Waals surface area contributed by atoms with E-state index < -0.39 is 60.1 Å². The van der Waals surface area contributed by atoms with Crippen LogP contribution in [0.25, 0.3) is 0 Å². The van der Waals surface area contributed by atoms with Gasteiger partial charge in [0.25, 0.3) is 6.43 Å². The average molecular weight is 656 g/mol. The van der Waals surface area contributed by atoms with Crippen LogP contribution in [0.15, 0.2) is 12.1 Å². The Labute approximate surface area is 261 Å². The molecule has 2 aromatic rings. The van der Waals surface area contributed by atoms with E-state index in [0.717, 1.165) is 17.5 Å². The van der Waals surface area contributed by atoms with Crippen molar-refractivity contribution in [3.05, 3.63) is 39.7 Å². The van der Waals surface area contributed by atoms with Crippen molar-refractivity contribution in [2.45, 2.75) is 76.9 Å². The SMILES string of the molecule is Cn1nnc(COc2ccc(Cl)c3c2[C@@H](CN2CC4(CC4)CC2=O)N(C(=O)[C@@H]2CC(F)(F)CC[C@]2(C)C(=O)O)CC3)c1C(F)F. The number of ether oxygens (including phenoxy) is 1. The van der Waals surface area contributed by atoms with E-state index in [1.807, 2.05) is 0 Å². The lowest BCUT2D eigenvalue weighted by Crippen LogP contribution is -2.55. The largest absolute Gasteiger partial charge is 0.487 e. The van der Waals surface area contributed by atoms with Gasteiger partial charge in [-0.15, -0.1) is 5.10 Å². The number of carboxylic acid groups (broad SMARTS) is 1. The van der Waals surface area contributed by atoms with E-state index in [9.17, 15) is 37.1 Å². The van der Waals surface area contributed by atoms with Crippen molar-refractivity contribution in [2.24, 2.45) is 23.8 Å². The number of fused-ring (bicyclic) bond motifs is 1. The Morgan fingerprint density at radius 2 is 1.93 bits per heavy atom. The molecule has 1 spiro atoms. The lowest BCUT2D eigenvalue weighted by molar-refractivity contribution is -0.174. The number of hydrogen-bond donors (Lipinski definition) is 1. The Kier molecular flexibility index (Phi) is 7.80. The second-order valence-electron chi connectivity index (χ2n) is 13.2. The predicted octanol–water partition coefficient (Wildman–Crippen LogP) is 4.95. The normalized spacial score (nSPS) is 26.8. The highest BCUT2D eigenvalue weighted by Crippen LogP contribution is 2.54. The predicted molar refractivity (Wildman–Crippen MR) is 151 cm³/mol. The number of aliphatic carboxylic acids is 1. The molecule has 2 aliphatic carbocycles. The van der Waals surface area contributed by atoms with Crippen LogP contribution >= 0.6 is 11.6 Å². The molecule has 3 atom stereocenters. The molecule has 0 radical (unpaired) electrons. The van der Waals surface area contributed by atoms with Gasteiger partial charge in [0.05, 0.1) is 17.4 Å². The topological polar surface area (TPSA) is 118 Å². The van der Waals surface area contributed by atoms with E-state index in [2.05, 4.69) is 10.3 Å². The van der Waals surface area contributed by atoms with Crippen molar-refractivity contribution in [3.63, 3.8) is 0 Å². The minimum atomic E-state index is -3.22. The zero-order valence-corrected chi connectivity index (χ0v) is 25.6. The van der Waals surface area contributed by atoms with Crippen LogP contribution in [-0.4, -0.2) is 73.2 Å². The van der Waals surface area contributed by atoms with Crippen molar-refractivity contribution < 1.29 is 41.8 Å². The molecule has 2 amide bonds. The first-order valence-electron chi connectivity index (χ1n) is 14.9. The fraction of sp³-hybridized carbons (Fsp3) is 0.633. The molecule has 0 unspecified atom stereocenters. The number of carbonyl (C=O) groups excluding carboxylic acids is 2. The number of alkyl halides is 4. The van der Waals surface area contributed by atoms with E-state index in [4.69, 9.17) is 16.3 Å². The third-order valence-corrected chi connectivity index (χ3v) is 10.5. The van der Waals surface area contributed by atoms with Gasteiger partial charge in [-0.25, -0.2) is 22.2 Å². The first kappa shape index (κ1) is 31.6. The summed E-state index contributed by atoms with van der Waals surface area (Å²) in [6.45, 7) is 1.47. The molecule has 1 N–H and O–H groups in total. The molecule has 0 bridgehead atoms. The maximum atomic E-state index is 14.7. The minimum Gasteiger partial charge on any atom is -0.487 e. The smallest absolute Gasteiger partial charge is 0.310 e. The number of nitrogens with zero attached hydrogens (tertiary/aromatic N) is 5. The minimum absolute atomic E-state index is 0.0103. The van der Waals surface area contributed by atoms with Crippen molar-refractivity contribution in [1.82, 2.24) is 24.8 Å². The molecule has 3 heterocycles. The standard InChI is InChI=1S/C30H34ClF4N5O5/c1-28(27(43)44)6-9-30(34,35)11-17(28)26(42)40-10-5-16-18(31)3-4-21(45-14-19-24(25(32)33)38(2)37-36-19)23(16)20(40)13-39-15-29(7-8-29)12-22(39)41/h3-4,17,20,25H,5-15H2,1-2H3,(H,43,44)/t17-,20+,28-/m0/s1. The molecule has 45 heavy (non-hydrogen) atoms. The number of amides is 2. The summed E-state index contributed by atoms with van der Waals surface area (Å²) in [5.41, 5.74) is -1.32. The van der Waals surface area contributed by atoms with Crippen LogP contribution in [0.5, 0.6) is 5.75 Å². The van der Waals surface area contributed by atoms with Gasteiger partial charge in [-0.3, -0.25) is 14.4 Å². The van der Waals surface area contributed by atoms with Crippen LogP contribution in [0.3, 0.4) is 0 Å². The molecule has 1 aromatic heterocycles. The number of rotatable bonds is 8. The summed E-state index contributed by atoms with van der Waals surface area (Å²) in [6.07, 6.45) is -2.43. The molecule has 15 heteroatoms. The maximum absolute atomic E-state index is 14.7. The van der Waals surface area contributed by atoms with Crippen molar-refractivity contribution in [1.29, 1.82) is 0 Å². The number of aromatic nitrogens is 3. The summed E-state index contributed by atoms with van der Waals surface area (Å²) in [4.78, 5) is 42.9. The molecule has 244 valence electrons. The van der Waals surface area contributed by atoms with Gasteiger partial charge in [-0.1, -0.05) is 16.8 Å². The Morgan fingerprint density at radius 1 is 1.20 bits per heavy atom. The van der Waals surface area contributed by atoms with Gasteiger partial charge in [0, 0.05) is 56.5 Å². The van der Waals surface area contributed by atoms with E-state index >= 15 is 0 Å². The average Bonchev–Trinajstić information content (AvgIpc) is 3.51. The number of carboxylic acids is 1. The van der Waals surface area contributed by atoms with E-state index in [1.165, 1.54) is 24.9 Å². The zero-order valence-electron chi connectivity index (χ0n) is 24.9.